The molecule has 1 amide bonds. The summed E-state index contributed by atoms with van der Waals surface area (Å²) in [6.45, 7) is 4.55. The second-order valence-electron chi connectivity index (χ2n) is 7.62. The molecule has 2 saturated heterocycles. The van der Waals surface area contributed by atoms with Crippen LogP contribution < -0.4 is 4.90 Å². The minimum absolute atomic E-state index is 0.135. The lowest BCUT2D eigenvalue weighted by atomic mass is 9.95. The van der Waals surface area contributed by atoms with Gasteiger partial charge in [0, 0.05) is 50.4 Å². The van der Waals surface area contributed by atoms with Crippen molar-refractivity contribution >= 4 is 17.2 Å². The zero-order chi connectivity index (χ0) is 17.5. The molecule has 3 aliphatic rings. The van der Waals surface area contributed by atoms with E-state index in [4.69, 9.17) is 9.84 Å². The highest BCUT2D eigenvalue weighted by molar-refractivity contribution is 5.79. The van der Waals surface area contributed by atoms with E-state index >= 15 is 0 Å². The molecule has 2 aromatic rings. The number of carbonyl (C=O) groups excluding carboxylic acids is 1. The first kappa shape index (κ1) is 16.1. The highest BCUT2D eigenvalue weighted by Gasteiger charge is 2.31. The Morgan fingerprint density at radius 1 is 1.08 bits per heavy atom. The van der Waals surface area contributed by atoms with Crippen molar-refractivity contribution in [2.45, 2.75) is 31.6 Å². The summed E-state index contributed by atoms with van der Waals surface area (Å²) in [4.78, 5) is 21.6. The lowest BCUT2D eigenvalue weighted by molar-refractivity contribution is -0.140. The van der Waals surface area contributed by atoms with E-state index in [2.05, 4.69) is 16.0 Å². The molecule has 0 aromatic carbocycles. The lowest BCUT2D eigenvalue weighted by Crippen LogP contribution is -2.47. The molecule has 0 unspecified atom stereocenters. The maximum absolute atomic E-state index is 12.7. The standard InChI is InChI=1S/C19H25N5O2/c25-19(23-9-11-26-12-10-23)15-3-6-22(7-4-15)18-17-13-16(14-1-2-14)21-24(17)8-5-20-18/h5,8,13-15H,1-4,6-7,9-12H2. The molecule has 1 saturated carbocycles. The molecule has 7 nitrogen and oxygen atoms in total. The average Bonchev–Trinajstić information content (AvgIpc) is 3.46. The van der Waals surface area contributed by atoms with E-state index in [1.807, 2.05) is 21.8 Å². The van der Waals surface area contributed by atoms with E-state index in [1.54, 1.807) is 0 Å². The monoisotopic (exact) mass is 355 g/mol. The van der Waals surface area contributed by atoms with Gasteiger partial charge in [0.15, 0.2) is 5.82 Å². The van der Waals surface area contributed by atoms with Gasteiger partial charge in [-0.05, 0) is 31.7 Å². The number of ether oxygens (including phenoxy) is 1. The van der Waals surface area contributed by atoms with Gasteiger partial charge in [-0.1, -0.05) is 0 Å². The number of fused-ring (bicyclic) bond motifs is 1. The van der Waals surface area contributed by atoms with Crippen LogP contribution in [0.25, 0.3) is 5.52 Å². The number of amides is 1. The minimum Gasteiger partial charge on any atom is -0.378 e. The quantitative estimate of drug-likeness (QED) is 0.838. The van der Waals surface area contributed by atoms with Crippen LogP contribution in [0.5, 0.6) is 0 Å². The molecule has 4 heterocycles. The van der Waals surface area contributed by atoms with E-state index in [0.29, 0.717) is 25.0 Å². The molecule has 3 fully saturated rings. The predicted molar refractivity (Wildman–Crippen MR) is 97.3 cm³/mol. The van der Waals surface area contributed by atoms with E-state index in [9.17, 15) is 4.79 Å². The Morgan fingerprint density at radius 3 is 2.58 bits per heavy atom. The summed E-state index contributed by atoms with van der Waals surface area (Å²) in [6, 6.07) is 2.20. The zero-order valence-electron chi connectivity index (χ0n) is 15.0. The zero-order valence-corrected chi connectivity index (χ0v) is 15.0. The highest BCUT2D eigenvalue weighted by atomic mass is 16.5. The SMILES string of the molecule is O=C(C1CCN(c2nccn3nc(C4CC4)cc23)CC1)N1CCOCC1. The molecule has 2 aliphatic heterocycles. The van der Waals surface area contributed by atoms with Crippen LogP contribution in [0.1, 0.15) is 37.3 Å². The van der Waals surface area contributed by atoms with Crippen LogP contribution in [0.4, 0.5) is 5.82 Å². The summed E-state index contributed by atoms with van der Waals surface area (Å²) in [7, 11) is 0. The van der Waals surface area contributed by atoms with Gasteiger partial charge in [0.05, 0.1) is 18.9 Å². The maximum Gasteiger partial charge on any atom is 0.225 e. The van der Waals surface area contributed by atoms with Crippen molar-refractivity contribution < 1.29 is 9.53 Å². The normalized spacial score (nSPS) is 22.2. The predicted octanol–water partition coefficient (Wildman–Crippen LogP) is 1.68. The third-order valence-corrected chi connectivity index (χ3v) is 5.85. The van der Waals surface area contributed by atoms with Gasteiger partial charge in [0.25, 0.3) is 0 Å². The molecule has 2 aromatic heterocycles. The number of hydrogen-bond donors (Lipinski definition) is 0. The molecule has 5 rings (SSSR count). The summed E-state index contributed by atoms with van der Waals surface area (Å²) in [6.07, 6.45) is 8.05. The Labute approximate surface area is 152 Å². The molecular weight excluding hydrogens is 330 g/mol. The molecule has 26 heavy (non-hydrogen) atoms. The van der Waals surface area contributed by atoms with Crippen molar-refractivity contribution in [2.75, 3.05) is 44.3 Å². The number of piperidine rings is 1. The molecule has 0 atom stereocenters. The first-order valence-electron chi connectivity index (χ1n) is 9.75. The smallest absolute Gasteiger partial charge is 0.225 e. The third kappa shape index (κ3) is 2.94. The fourth-order valence-corrected chi connectivity index (χ4v) is 4.13. The second-order valence-corrected chi connectivity index (χ2v) is 7.62. The van der Waals surface area contributed by atoms with Crippen LogP contribution in [-0.4, -0.2) is 64.8 Å². The van der Waals surface area contributed by atoms with Gasteiger partial charge in [-0.2, -0.15) is 5.10 Å². The third-order valence-electron chi connectivity index (χ3n) is 5.85. The van der Waals surface area contributed by atoms with E-state index in [-0.39, 0.29) is 5.92 Å². The molecule has 0 N–H and O–H groups in total. The van der Waals surface area contributed by atoms with Gasteiger partial charge in [0.1, 0.15) is 5.52 Å². The molecular formula is C19H25N5O2. The fourth-order valence-electron chi connectivity index (χ4n) is 4.13. The number of aromatic nitrogens is 3. The van der Waals surface area contributed by atoms with Crippen molar-refractivity contribution in [1.29, 1.82) is 0 Å². The van der Waals surface area contributed by atoms with Crippen LogP contribution in [0.2, 0.25) is 0 Å². The number of rotatable bonds is 3. The summed E-state index contributed by atoms with van der Waals surface area (Å²) >= 11 is 0. The number of morpholine rings is 1. The minimum atomic E-state index is 0.135. The summed E-state index contributed by atoms with van der Waals surface area (Å²) < 4.78 is 7.32. The van der Waals surface area contributed by atoms with Crippen molar-refractivity contribution in [3.05, 3.63) is 24.2 Å². The molecule has 1 aliphatic carbocycles. The van der Waals surface area contributed by atoms with E-state index in [1.165, 1.54) is 18.5 Å². The Bertz CT molecular complexity index is 801. The van der Waals surface area contributed by atoms with Crippen LogP contribution in [0.3, 0.4) is 0 Å². The van der Waals surface area contributed by atoms with Crippen LogP contribution in [0.15, 0.2) is 18.5 Å². The summed E-state index contributed by atoms with van der Waals surface area (Å²) in [5.41, 5.74) is 2.28. The fraction of sp³-hybridized carbons (Fsp3) is 0.632. The van der Waals surface area contributed by atoms with Crippen molar-refractivity contribution in [2.24, 2.45) is 5.92 Å². The topological polar surface area (TPSA) is 63.0 Å². The van der Waals surface area contributed by atoms with Crippen molar-refractivity contribution in [1.82, 2.24) is 19.5 Å². The van der Waals surface area contributed by atoms with Gasteiger partial charge in [-0.3, -0.25) is 4.79 Å². The molecule has 138 valence electrons. The van der Waals surface area contributed by atoms with Crippen molar-refractivity contribution in [3.63, 3.8) is 0 Å². The molecule has 0 radical (unpaired) electrons. The molecule has 0 bridgehead atoms. The largest absolute Gasteiger partial charge is 0.378 e. The highest BCUT2D eigenvalue weighted by Crippen LogP contribution is 2.40. The Morgan fingerprint density at radius 2 is 1.85 bits per heavy atom. The maximum atomic E-state index is 12.7. The first-order valence-corrected chi connectivity index (χ1v) is 9.75. The Kier molecular flexibility index (Phi) is 4.04. The number of nitrogens with zero attached hydrogens (tertiary/aromatic N) is 5. The van der Waals surface area contributed by atoms with E-state index < -0.39 is 0 Å². The number of anilines is 1. The average molecular weight is 355 g/mol. The van der Waals surface area contributed by atoms with Gasteiger partial charge >= 0.3 is 0 Å². The van der Waals surface area contributed by atoms with Gasteiger partial charge in [0.2, 0.25) is 5.91 Å². The molecule has 7 heteroatoms. The van der Waals surface area contributed by atoms with Crippen molar-refractivity contribution in [3.8, 4) is 0 Å². The molecule has 0 spiro atoms. The summed E-state index contributed by atoms with van der Waals surface area (Å²) in [5.74, 6) is 2.08. The van der Waals surface area contributed by atoms with Gasteiger partial charge in [-0.25, -0.2) is 9.50 Å². The lowest BCUT2D eigenvalue weighted by Gasteiger charge is -2.36. The van der Waals surface area contributed by atoms with Gasteiger partial charge < -0.3 is 14.5 Å². The Hall–Kier alpha value is -2.15. The number of carbonyl (C=O) groups is 1. The van der Waals surface area contributed by atoms with Crippen LogP contribution in [-0.2, 0) is 9.53 Å². The number of hydrogen-bond acceptors (Lipinski definition) is 5. The van der Waals surface area contributed by atoms with Gasteiger partial charge in [-0.15, -0.1) is 0 Å². The van der Waals surface area contributed by atoms with Crippen LogP contribution in [0, 0.1) is 5.92 Å². The Balaban J connectivity index is 1.29. The first-order chi connectivity index (χ1) is 12.8. The van der Waals surface area contributed by atoms with E-state index in [0.717, 1.165) is 50.4 Å². The summed E-state index contributed by atoms with van der Waals surface area (Å²) in [5, 5.41) is 4.71. The van der Waals surface area contributed by atoms with Crippen LogP contribution >= 0.6 is 0 Å². The second kappa shape index (κ2) is 6.54.